The number of hydrogen-bond donors (Lipinski definition) is 1. The fourth-order valence-corrected chi connectivity index (χ4v) is 4.08. The second-order valence-electron chi connectivity index (χ2n) is 7.76. The summed E-state index contributed by atoms with van der Waals surface area (Å²) in [6, 6.07) is 10.3. The van der Waals surface area contributed by atoms with Crippen molar-refractivity contribution in [3.63, 3.8) is 0 Å². The monoisotopic (exact) mass is 357 g/mol. The Kier molecular flexibility index (Phi) is 5.78. The topological polar surface area (TPSA) is 28.2 Å². The van der Waals surface area contributed by atoms with E-state index in [0.29, 0.717) is 16.5 Å². The summed E-state index contributed by atoms with van der Waals surface area (Å²) >= 11 is 6.37. The number of fused-ring (bicyclic) bond motifs is 1. The predicted octanol–water partition coefficient (Wildman–Crippen LogP) is 4.51. The second-order valence-corrected chi connectivity index (χ2v) is 8.12. The highest BCUT2D eigenvalue weighted by Gasteiger charge is 2.34. The number of nitrogens with one attached hydrogen (secondary N) is 1. The van der Waals surface area contributed by atoms with Gasteiger partial charge in [-0.2, -0.15) is 0 Å². The van der Waals surface area contributed by atoms with E-state index in [1.807, 2.05) is 24.3 Å². The molecule has 0 spiro atoms. The van der Waals surface area contributed by atoms with Crippen molar-refractivity contribution in [3.8, 4) is 0 Å². The molecule has 1 aromatic carbocycles. The molecule has 0 bridgehead atoms. The lowest BCUT2D eigenvalue weighted by Crippen LogP contribution is -2.48. The first-order valence-electron chi connectivity index (χ1n) is 9.08. The average molecular weight is 358 g/mol. The number of benzene rings is 1. The summed E-state index contributed by atoms with van der Waals surface area (Å²) in [5.74, 6) is 0.667. The van der Waals surface area contributed by atoms with Crippen LogP contribution in [0.1, 0.15) is 25.8 Å². The highest BCUT2D eigenvalue weighted by molar-refractivity contribution is 6.30. The minimum Gasteiger partial charge on any atom is -0.312 e. The van der Waals surface area contributed by atoms with Crippen LogP contribution in [0.25, 0.3) is 10.9 Å². The van der Waals surface area contributed by atoms with Crippen LogP contribution in [0.5, 0.6) is 0 Å². The maximum absolute atomic E-state index is 6.37. The van der Waals surface area contributed by atoms with Crippen LogP contribution < -0.4 is 5.32 Å². The van der Waals surface area contributed by atoms with Crippen molar-refractivity contribution in [3.05, 3.63) is 53.7 Å². The number of piperidine rings is 1. The summed E-state index contributed by atoms with van der Waals surface area (Å²) in [7, 11) is 0. The largest absolute Gasteiger partial charge is 0.312 e. The van der Waals surface area contributed by atoms with Crippen molar-refractivity contribution >= 4 is 22.5 Å². The molecule has 1 atom stereocenters. The van der Waals surface area contributed by atoms with Crippen LogP contribution in [0.3, 0.4) is 0 Å². The number of hydrogen-bond acceptors (Lipinski definition) is 3. The maximum atomic E-state index is 6.37. The maximum Gasteiger partial charge on any atom is 0.134 e. The Bertz CT molecular complexity index is 741. The van der Waals surface area contributed by atoms with Crippen LogP contribution >= 0.6 is 11.6 Å². The Morgan fingerprint density at radius 2 is 2.20 bits per heavy atom. The molecule has 1 unspecified atom stereocenters. The molecule has 0 radical (unpaired) electrons. The molecule has 2 aromatic rings. The van der Waals surface area contributed by atoms with E-state index in [9.17, 15) is 0 Å². The molecule has 4 heteroatoms. The van der Waals surface area contributed by atoms with Crippen LogP contribution in [0, 0.1) is 11.3 Å². The number of nitrogens with zero attached hydrogens (tertiary/aromatic N) is 2. The molecule has 1 fully saturated rings. The summed E-state index contributed by atoms with van der Waals surface area (Å²) in [6.45, 7) is 13.7. The molecule has 3 nitrogen and oxygen atoms in total. The molecule has 0 saturated carbocycles. The van der Waals surface area contributed by atoms with Gasteiger partial charge in [0.05, 0.1) is 5.52 Å². The van der Waals surface area contributed by atoms with Gasteiger partial charge in [0.1, 0.15) is 5.15 Å². The number of pyridine rings is 1. The zero-order chi connectivity index (χ0) is 17.9. The molecule has 2 heterocycles. The number of likely N-dealkylation sites (tertiary alicyclic amines) is 1. The molecular weight excluding hydrogens is 330 g/mol. The molecule has 1 aromatic heterocycles. The summed E-state index contributed by atoms with van der Waals surface area (Å²) in [4.78, 5) is 7.00. The normalized spacial score (nSPS) is 20.7. The average Bonchev–Trinajstić information content (AvgIpc) is 2.57. The van der Waals surface area contributed by atoms with Crippen molar-refractivity contribution < 1.29 is 0 Å². The summed E-state index contributed by atoms with van der Waals surface area (Å²) in [6.07, 6.45) is 3.22. The van der Waals surface area contributed by atoms with Crippen LogP contribution in [-0.2, 0) is 6.54 Å². The molecule has 1 saturated heterocycles. The first kappa shape index (κ1) is 18.4. The number of para-hydroxylation sites is 1. The third-order valence-electron chi connectivity index (χ3n) is 5.37. The van der Waals surface area contributed by atoms with Gasteiger partial charge in [0.15, 0.2) is 0 Å². The minimum absolute atomic E-state index is 0.305. The lowest BCUT2D eigenvalue weighted by molar-refractivity contribution is 0.0622. The number of aromatic nitrogens is 1. The molecule has 1 aliphatic rings. The van der Waals surface area contributed by atoms with Gasteiger partial charge < -0.3 is 5.32 Å². The fraction of sp³-hybridized carbons (Fsp3) is 0.476. The van der Waals surface area contributed by atoms with Gasteiger partial charge in [-0.15, -0.1) is 6.58 Å². The van der Waals surface area contributed by atoms with Gasteiger partial charge >= 0.3 is 0 Å². The van der Waals surface area contributed by atoms with Gasteiger partial charge in [-0.05, 0) is 43.0 Å². The van der Waals surface area contributed by atoms with Gasteiger partial charge in [-0.3, -0.25) is 4.90 Å². The Balaban J connectivity index is 1.59. The van der Waals surface area contributed by atoms with Crippen LogP contribution in [-0.4, -0.2) is 36.1 Å². The van der Waals surface area contributed by atoms with E-state index in [4.69, 9.17) is 11.6 Å². The molecule has 25 heavy (non-hydrogen) atoms. The molecule has 1 aliphatic heterocycles. The highest BCUT2D eigenvalue weighted by Crippen LogP contribution is 2.34. The van der Waals surface area contributed by atoms with E-state index in [0.717, 1.165) is 49.2 Å². The SMILES string of the molecule is C=CCN1CCC(CNCc2cc3ccccc3nc2Cl)C(C)(C)C1. The van der Waals surface area contributed by atoms with E-state index >= 15 is 0 Å². The quantitative estimate of drug-likeness (QED) is 0.609. The number of rotatable bonds is 6. The first-order valence-corrected chi connectivity index (χ1v) is 9.45. The predicted molar refractivity (Wildman–Crippen MR) is 107 cm³/mol. The Morgan fingerprint density at radius 3 is 2.96 bits per heavy atom. The van der Waals surface area contributed by atoms with Crippen molar-refractivity contribution in [2.45, 2.75) is 26.8 Å². The van der Waals surface area contributed by atoms with E-state index in [-0.39, 0.29) is 0 Å². The van der Waals surface area contributed by atoms with E-state index in [1.165, 1.54) is 6.42 Å². The molecule has 0 aliphatic carbocycles. The Labute approximate surface area is 156 Å². The third-order valence-corrected chi connectivity index (χ3v) is 5.70. The third kappa shape index (κ3) is 4.41. The van der Waals surface area contributed by atoms with E-state index in [1.54, 1.807) is 0 Å². The fourth-order valence-electron chi connectivity index (χ4n) is 3.87. The number of halogens is 1. The van der Waals surface area contributed by atoms with E-state index in [2.05, 4.69) is 47.8 Å². The smallest absolute Gasteiger partial charge is 0.134 e. The van der Waals surface area contributed by atoms with Gasteiger partial charge in [0, 0.05) is 30.6 Å². The Morgan fingerprint density at radius 1 is 1.40 bits per heavy atom. The second kappa shape index (κ2) is 7.86. The summed E-state index contributed by atoms with van der Waals surface area (Å²) < 4.78 is 0. The van der Waals surface area contributed by atoms with Gasteiger partial charge in [0.25, 0.3) is 0 Å². The highest BCUT2D eigenvalue weighted by atomic mass is 35.5. The first-order chi connectivity index (χ1) is 12.0. The van der Waals surface area contributed by atoms with Gasteiger partial charge in [0.2, 0.25) is 0 Å². The molecule has 3 rings (SSSR count). The molecular formula is C21H28ClN3. The van der Waals surface area contributed by atoms with Crippen molar-refractivity contribution in [1.29, 1.82) is 0 Å². The molecule has 0 amide bonds. The zero-order valence-corrected chi connectivity index (χ0v) is 16.0. The lowest BCUT2D eigenvalue weighted by atomic mass is 9.74. The summed E-state index contributed by atoms with van der Waals surface area (Å²) in [5.41, 5.74) is 2.33. The molecule has 134 valence electrons. The zero-order valence-electron chi connectivity index (χ0n) is 15.3. The van der Waals surface area contributed by atoms with Gasteiger partial charge in [-0.1, -0.05) is 49.7 Å². The van der Waals surface area contributed by atoms with Crippen molar-refractivity contribution in [2.24, 2.45) is 11.3 Å². The van der Waals surface area contributed by atoms with E-state index < -0.39 is 0 Å². The lowest BCUT2D eigenvalue weighted by Gasteiger charge is -2.44. The summed E-state index contributed by atoms with van der Waals surface area (Å²) in [5, 5.41) is 5.36. The van der Waals surface area contributed by atoms with Crippen molar-refractivity contribution in [1.82, 2.24) is 15.2 Å². The van der Waals surface area contributed by atoms with Crippen LogP contribution in [0.15, 0.2) is 43.0 Å². The molecule has 1 N–H and O–H groups in total. The van der Waals surface area contributed by atoms with Gasteiger partial charge in [-0.25, -0.2) is 4.98 Å². The Hall–Kier alpha value is -1.42. The van der Waals surface area contributed by atoms with Crippen LogP contribution in [0.2, 0.25) is 5.15 Å². The van der Waals surface area contributed by atoms with Crippen molar-refractivity contribution in [2.75, 3.05) is 26.2 Å². The van der Waals surface area contributed by atoms with Crippen LogP contribution in [0.4, 0.5) is 0 Å². The minimum atomic E-state index is 0.305. The standard InChI is InChI=1S/C21H28ClN3/c1-4-10-25-11-9-18(21(2,3)15-25)14-23-13-17-12-16-7-5-6-8-19(16)24-20(17)22/h4-8,12,18,23H,1,9-11,13-15H2,2-3H3.